The molecule has 0 aromatic carbocycles. The molecule has 0 aromatic heterocycles. The molecule has 1 unspecified atom stereocenters. The summed E-state index contributed by atoms with van der Waals surface area (Å²) in [7, 11) is 0. The third-order valence-electron chi connectivity index (χ3n) is 2.35. The summed E-state index contributed by atoms with van der Waals surface area (Å²) in [6.45, 7) is 8.51. The van der Waals surface area contributed by atoms with Crippen molar-refractivity contribution in [2.75, 3.05) is 19.8 Å². The highest BCUT2D eigenvalue weighted by molar-refractivity contribution is 5.81. The molecule has 0 radical (unpaired) electrons. The minimum Gasteiger partial charge on any atom is -0.450 e. The molecule has 122 valence electrons. The molecule has 21 heavy (non-hydrogen) atoms. The predicted molar refractivity (Wildman–Crippen MR) is 71.4 cm³/mol. The maximum absolute atomic E-state index is 11.2. The van der Waals surface area contributed by atoms with Gasteiger partial charge in [-0.15, -0.1) is 0 Å². The molecular weight excluding hydrogens is 284 g/mol. The lowest BCUT2D eigenvalue weighted by molar-refractivity contribution is -0.417. The summed E-state index contributed by atoms with van der Waals surface area (Å²) >= 11 is 0. The highest BCUT2D eigenvalue weighted by atomic mass is 17.2. The van der Waals surface area contributed by atoms with E-state index in [1.54, 1.807) is 13.8 Å². The highest BCUT2D eigenvalue weighted by Crippen LogP contribution is 2.15. The van der Waals surface area contributed by atoms with Gasteiger partial charge in [0, 0.05) is 6.08 Å². The van der Waals surface area contributed by atoms with Crippen molar-refractivity contribution in [2.45, 2.75) is 39.1 Å². The van der Waals surface area contributed by atoms with Gasteiger partial charge in [0.2, 0.25) is 0 Å². The predicted octanol–water partition coefficient (Wildman–Crippen LogP) is 1.89. The normalized spacial score (nSPS) is 12.5. The van der Waals surface area contributed by atoms with Crippen molar-refractivity contribution in [3.8, 4) is 0 Å². The Kier molecular flexibility index (Phi) is 9.35. The van der Waals surface area contributed by atoms with Gasteiger partial charge in [-0.1, -0.05) is 13.5 Å². The second-order valence-corrected chi connectivity index (χ2v) is 4.55. The number of rotatable bonds is 11. The Balaban J connectivity index is 4.17. The van der Waals surface area contributed by atoms with E-state index in [0.717, 1.165) is 6.08 Å². The molecule has 1 N–H and O–H groups in total. The van der Waals surface area contributed by atoms with Crippen LogP contribution in [0.5, 0.6) is 0 Å². The zero-order valence-electron chi connectivity index (χ0n) is 12.5. The van der Waals surface area contributed by atoms with Gasteiger partial charge in [0.05, 0.1) is 12.2 Å². The second-order valence-electron chi connectivity index (χ2n) is 4.55. The first-order valence-corrected chi connectivity index (χ1v) is 6.41. The van der Waals surface area contributed by atoms with Crippen LogP contribution < -0.4 is 0 Å². The fraction of sp³-hybridized carbons (Fsp3) is 0.692. The van der Waals surface area contributed by atoms with Crippen LogP contribution in [0.1, 0.15) is 27.2 Å². The van der Waals surface area contributed by atoms with Crippen LogP contribution in [0.4, 0.5) is 4.79 Å². The number of esters is 1. The largest absolute Gasteiger partial charge is 0.505 e. The van der Waals surface area contributed by atoms with Crippen molar-refractivity contribution in [1.82, 2.24) is 0 Å². The van der Waals surface area contributed by atoms with Gasteiger partial charge >= 0.3 is 12.1 Å². The van der Waals surface area contributed by atoms with Crippen molar-refractivity contribution >= 4 is 12.1 Å². The molecule has 0 heterocycles. The van der Waals surface area contributed by atoms with Crippen LogP contribution in [0.25, 0.3) is 0 Å². The van der Waals surface area contributed by atoms with Crippen LogP contribution >= 0.6 is 0 Å². The maximum Gasteiger partial charge on any atom is 0.505 e. The molecule has 0 aliphatic carbocycles. The Labute approximate surface area is 123 Å². The van der Waals surface area contributed by atoms with Gasteiger partial charge in [-0.2, -0.15) is 4.89 Å². The number of carboxylic acid groups (broad SMARTS) is 1. The lowest BCUT2D eigenvalue weighted by Crippen LogP contribution is -2.32. The molecule has 0 saturated carbocycles. The molecule has 0 saturated heterocycles. The lowest BCUT2D eigenvalue weighted by Gasteiger charge is -2.25. The summed E-state index contributed by atoms with van der Waals surface area (Å²) in [5.74, 6) is -0.691. The van der Waals surface area contributed by atoms with Crippen molar-refractivity contribution in [1.29, 1.82) is 0 Å². The smallest absolute Gasteiger partial charge is 0.450 e. The molecule has 0 aliphatic heterocycles. The van der Waals surface area contributed by atoms with E-state index in [1.807, 2.05) is 6.92 Å². The van der Waals surface area contributed by atoms with E-state index in [4.69, 9.17) is 24.4 Å². The number of ether oxygens (including phenoxy) is 3. The van der Waals surface area contributed by atoms with Crippen LogP contribution in [0, 0.1) is 0 Å². The molecular formula is C13H22O8. The van der Waals surface area contributed by atoms with Gasteiger partial charge in [0.1, 0.15) is 13.2 Å². The SMILES string of the molecule is C=CC(=O)OC(COCCOC(=O)O)OOC(C)(C)CC. The molecule has 0 fully saturated rings. The van der Waals surface area contributed by atoms with Crippen LogP contribution in [-0.2, 0) is 28.8 Å². The average Bonchev–Trinajstić information content (AvgIpc) is 2.43. The van der Waals surface area contributed by atoms with Gasteiger partial charge in [0.25, 0.3) is 6.29 Å². The van der Waals surface area contributed by atoms with Crippen molar-refractivity contribution in [3.63, 3.8) is 0 Å². The van der Waals surface area contributed by atoms with Gasteiger partial charge in [0.15, 0.2) is 0 Å². The molecule has 0 aliphatic rings. The third-order valence-corrected chi connectivity index (χ3v) is 2.35. The van der Waals surface area contributed by atoms with Gasteiger partial charge in [-0.3, -0.25) is 0 Å². The van der Waals surface area contributed by atoms with Gasteiger partial charge in [-0.25, -0.2) is 14.5 Å². The second kappa shape index (κ2) is 10.1. The lowest BCUT2D eigenvalue weighted by atomic mass is 10.1. The summed E-state index contributed by atoms with van der Waals surface area (Å²) in [5, 5.41) is 8.27. The zero-order chi connectivity index (χ0) is 16.3. The highest BCUT2D eigenvalue weighted by Gasteiger charge is 2.22. The summed E-state index contributed by atoms with van der Waals surface area (Å²) in [6.07, 6.45) is -0.819. The topological polar surface area (TPSA) is 101 Å². The molecule has 0 spiro atoms. The zero-order valence-corrected chi connectivity index (χ0v) is 12.5. The van der Waals surface area contributed by atoms with Gasteiger partial charge < -0.3 is 19.3 Å². The minimum atomic E-state index is -1.39. The Hall–Kier alpha value is -1.64. The summed E-state index contributed by atoms with van der Waals surface area (Å²) in [4.78, 5) is 31.5. The van der Waals surface area contributed by atoms with E-state index in [0.29, 0.717) is 6.42 Å². The first-order valence-electron chi connectivity index (χ1n) is 6.41. The van der Waals surface area contributed by atoms with Gasteiger partial charge in [-0.05, 0) is 20.3 Å². The molecule has 0 bridgehead atoms. The third kappa shape index (κ3) is 10.8. The van der Waals surface area contributed by atoms with E-state index in [-0.39, 0.29) is 19.8 Å². The van der Waals surface area contributed by atoms with Crippen LogP contribution in [-0.4, -0.2) is 48.9 Å². The minimum absolute atomic E-state index is 0.00499. The van der Waals surface area contributed by atoms with Crippen LogP contribution in [0.15, 0.2) is 12.7 Å². The van der Waals surface area contributed by atoms with Crippen LogP contribution in [0.2, 0.25) is 0 Å². The summed E-state index contributed by atoms with van der Waals surface area (Å²) in [6, 6.07) is 0. The van der Waals surface area contributed by atoms with E-state index in [9.17, 15) is 9.59 Å². The number of carbonyl (C=O) groups is 2. The fourth-order valence-electron chi connectivity index (χ4n) is 0.869. The molecule has 0 amide bonds. The van der Waals surface area contributed by atoms with E-state index in [1.165, 1.54) is 0 Å². The fourth-order valence-corrected chi connectivity index (χ4v) is 0.869. The Morgan fingerprint density at radius 1 is 1.33 bits per heavy atom. The van der Waals surface area contributed by atoms with E-state index < -0.39 is 24.0 Å². The first-order chi connectivity index (χ1) is 9.80. The van der Waals surface area contributed by atoms with Crippen molar-refractivity contribution < 1.29 is 38.7 Å². The average molecular weight is 306 g/mol. The molecule has 1 atom stereocenters. The number of hydrogen-bond acceptors (Lipinski definition) is 7. The number of carbonyl (C=O) groups excluding carboxylic acids is 1. The standard InChI is InChI=1S/C13H22O8/c1-5-10(14)19-11(20-21-13(3,4)6-2)9-17-7-8-18-12(15)16/h5,11H,1,6-9H2,2-4H3,(H,15,16). The number of hydrogen-bond donors (Lipinski definition) is 1. The Morgan fingerprint density at radius 3 is 2.52 bits per heavy atom. The summed E-state index contributed by atoms with van der Waals surface area (Å²) < 4.78 is 14.2. The van der Waals surface area contributed by atoms with Crippen LogP contribution in [0.3, 0.4) is 0 Å². The maximum atomic E-state index is 11.2. The van der Waals surface area contributed by atoms with Crippen molar-refractivity contribution in [3.05, 3.63) is 12.7 Å². The summed E-state index contributed by atoms with van der Waals surface area (Å²) in [5.41, 5.74) is -0.550. The Bertz CT molecular complexity index is 339. The Morgan fingerprint density at radius 2 is 2.00 bits per heavy atom. The molecule has 8 nitrogen and oxygen atoms in total. The monoisotopic (exact) mass is 306 g/mol. The molecule has 0 rings (SSSR count). The van der Waals surface area contributed by atoms with E-state index in [2.05, 4.69) is 11.3 Å². The molecule has 8 heteroatoms. The molecule has 0 aromatic rings. The van der Waals surface area contributed by atoms with E-state index >= 15 is 0 Å². The van der Waals surface area contributed by atoms with Crippen molar-refractivity contribution in [2.24, 2.45) is 0 Å². The first kappa shape index (κ1) is 19.4. The quantitative estimate of drug-likeness (QED) is 0.154.